The summed E-state index contributed by atoms with van der Waals surface area (Å²) >= 11 is 0. The van der Waals surface area contributed by atoms with Gasteiger partial charge in [0.1, 0.15) is 0 Å². The number of nitrogens with zero attached hydrogens (tertiary/aromatic N) is 2. The maximum Gasteiger partial charge on any atom is 0.247 e. The van der Waals surface area contributed by atoms with Crippen LogP contribution in [0.25, 0.3) is 0 Å². The fraction of sp³-hybridized carbons (Fsp3) is 0.263. The van der Waals surface area contributed by atoms with Gasteiger partial charge in [-0.3, -0.25) is 9.59 Å². The molecule has 0 aliphatic heterocycles. The molecule has 0 saturated heterocycles. The van der Waals surface area contributed by atoms with Crippen LogP contribution in [0.15, 0.2) is 55.3 Å². The highest BCUT2D eigenvalue weighted by Gasteiger charge is 2.12. The second-order valence-corrected chi connectivity index (χ2v) is 5.60. The van der Waals surface area contributed by atoms with Gasteiger partial charge < -0.3 is 14.8 Å². The van der Waals surface area contributed by atoms with E-state index in [1.54, 1.807) is 17.0 Å². The first-order valence-electron chi connectivity index (χ1n) is 7.93. The van der Waals surface area contributed by atoms with Crippen molar-refractivity contribution in [1.29, 1.82) is 0 Å². The second-order valence-electron chi connectivity index (χ2n) is 5.60. The first-order valence-corrected chi connectivity index (χ1v) is 7.93. The third-order valence-electron chi connectivity index (χ3n) is 3.85. The second kappa shape index (κ2) is 8.15. The number of aryl methyl sites for hydroxylation is 1. The number of hydrogen-bond acceptors (Lipinski definition) is 2. The molecule has 0 spiro atoms. The molecule has 5 heteroatoms. The average Bonchev–Trinajstić information content (AvgIpc) is 3.03. The molecule has 0 atom stereocenters. The van der Waals surface area contributed by atoms with Crippen LogP contribution >= 0.6 is 0 Å². The predicted molar refractivity (Wildman–Crippen MR) is 95.6 cm³/mol. The van der Waals surface area contributed by atoms with Crippen LogP contribution in [0.2, 0.25) is 0 Å². The molecule has 2 amide bonds. The number of nitrogens with one attached hydrogen (secondary N) is 1. The van der Waals surface area contributed by atoms with Gasteiger partial charge in [-0.2, -0.15) is 0 Å². The van der Waals surface area contributed by atoms with Crippen molar-refractivity contribution in [2.24, 2.45) is 0 Å². The van der Waals surface area contributed by atoms with Crippen LogP contribution in [0.1, 0.15) is 18.2 Å². The van der Waals surface area contributed by atoms with Gasteiger partial charge in [-0.15, -0.1) is 0 Å². The number of benzene rings is 1. The van der Waals surface area contributed by atoms with Gasteiger partial charge in [0.2, 0.25) is 11.8 Å². The standard InChI is InChI=1S/C19H23N3O2/c1-4-18(23)20-16-10-8-15(9-11-16)13-19(24)21(3)14-17-7-6-12-22(17)5-2/h4,6-12H,1,5,13-14H2,2-3H3,(H,20,23). The molecule has 1 aromatic carbocycles. The zero-order chi connectivity index (χ0) is 17.5. The van der Waals surface area contributed by atoms with Gasteiger partial charge in [0.05, 0.1) is 13.0 Å². The molecule has 126 valence electrons. The van der Waals surface area contributed by atoms with E-state index in [0.717, 1.165) is 17.8 Å². The molecule has 0 fully saturated rings. The Bertz CT molecular complexity index is 716. The van der Waals surface area contributed by atoms with Gasteiger partial charge in [-0.05, 0) is 42.8 Å². The molecule has 0 unspecified atom stereocenters. The van der Waals surface area contributed by atoms with Crippen LogP contribution in [0.3, 0.4) is 0 Å². The SMILES string of the molecule is C=CC(=O)Nc1ccc(CC(=O)N(C)Cc2cccn2CC)cc1. The molecule has 0 bridgehead atoms. The molecule has 0 aliphatic rings. The van der Waals surface area contributed by atoms with Gasteiger partial charge in [0, 0.05) is 31.2 Å². The molecule has 1 aromatic heterocycles. The zero-order valence-corrected chi connectivity index (χ0v) is 14.2. The summed E-state index contributed by atoms with van der Waals surface area (Å²) < 4.78 is 2.13. The summed E-state index contributed by atoms with van der Waals surface area (Å²) in [5.41, 5.74) is 2.72. The fourth-order valence-corrected chi connectivity index (χ4v) is 2.44. The van der Waals surface area contributed by atoms with Crippen molar-refractivity contribution in [2.45, 2.75) is 26.4 Å². The minimum atomic E-state index is -0.252. The van der Waals surface area contributed by atoms with Crippen LogP contribution in [0, 0.1) is 0 Å². The van der Waals surface area contributed by atoms with Crippen LogP contribution in [-0.4, -0.2) is 28.3 Å². The Morgan fingerprint density at radius 2 is 1.96 bits per heavy atom. The van der Waals surface area contributed by atoms with Gasteiger partial charge >= 0.3 is 0 Å². The van der Waals surface area contributed by atoms with Crippen molar-refractivity contribution in [2.75, 3.05) is 12.4 Å². The predicted octanol–water partition coefficient (Wildman–Crippen LogP) is 2.83. The highest BCUT2D eigenvalue weighted by molar-refractivity contribution is 5.98. The molecule has 2 rings (SSSR count). The summed E-state index contributed by atoms with van der Waals surface area (Å²) in [4.78, 5) is 25.4. The summed E-state index contributed by atoms with van der Waals surface area (Å²) in [6.45, 7) is 6.97. The molecule has 1 heterocycles. The van der Waals surface area contributed by atoms with Gasteiger partial charge in [-0.25, -0.2) is 0 Å². The van der Waals surface area contributed by atoms with Crippen molar-refractivity contribution in [1.82, 2.24) is 9.47 Å². The van der Waals surface area contributed by atoms with E-state index in [1.165, 1.54) is 6.08 Å². The lowest BCUT2D eigenvalue weighted by atomic mass is 10.1. The molecule has 0 aliphatic carbocycles. The third kappa shape index (κ3) is 4.59. The Morgan fingerprint density at radius 3 is 2.58 bits per heavy atom. The molecule has 1 N–H and O–H groups in total. The Hall–Kier alpha value is -2.82. The molecule has 24 heavy (non-hydrogen) atoms. The van der Waals surface area contributed by atoms with Crippen molar-refractivity contribution in [3.05, 3.63) is 66.5 Å². The number of hydrogen-bond donors (Lipinski definition) is 1. The topological polar surface area (TPSA) is 54.3 Å². The number of carbonyl (C=O) groups is 2. The summed E-state index contributed by atoms with van der Waals surface area (Å²) in [6, 6.07) is 11.3. The summed E-state index contributed by atoms with van der Waals surface area (Å²) in [7, 11) is 1.81. The van der Waals surface area contributed by atoms with Gasteiger partial charge in [-0.1, -0.05) is 18.7 Å². The van der Waals surface area contributed by atoms with E-state index in [9.17, 15) is 9.59 Å². The Balaban J connectivity index is 1.93. The Kier molecular flexibility index (Phi) is 5.95. The highest BCUT2D eigenvalue weighted by Crippen LogP contribution is 2.12. The molecule has 2 aromatic rings. The van der Waals surface area contributed by atoms with Crippen molar-refractivity contribution in [3.8, 4) is 0 Å². The van der Waals surface area contributed by atoms with Crippen LogP contribution < -0.4 is 5.32 Å². The molecule has 5 nitrogen and oxygen atoms in total. The monoisotopic (exact) mass is 325 g/mol. The van der Waals surface area contributed by atoms with Gasteiger partial charge in [0.15, 0.2) is 0 Å². The normalized spacial score (nSPS) is 10.2. The zero-order valence-electron chi connectivity index (χ0n) is 14.2. The Labute approximate surface area is 142 Å². The number of likely N-dealkylation sites (N-methyl/N-ethyl adjacent to an activating group) is 1. The maximum absolute atomic E-state index is 12.4. The molecular formula is C19H23N3O2. The van der Waals surface area contributed by atoms with Crippen molar-refractivity contribution >= 4 is 17.5 Å². The number of rotatable bonds is 7. The number of anilines is 1. The summed E-state index contributed by atoms with van der Waals surface area (Å²) in [6.07, 6.45) is 3.57. The number of amides is 2. The van der Waals surface area contributed by atoms with Crippen molar-refractivity contribution < 1.29 is 9.59 Å². The molecule has 0 radical (unpaired) electrons. The largest absolute Gasteiger partial charge is 0.350 e. The summed E-state index contributed by atoms with van der Waals surface area (Å²) in [5, 5.41) is 2.68. The lowest BCUT2D eigenvalue weighted by Crippen LogP contribution is -2.28. The van der Waals surface area contributed by atoms with Crippen molar-refractivity contribution in [3.63, 3.8) is 0 Å². The highest BCUT2D eigenvalue weighted by atomic mass is 16.2. The first-order chi connectivity index (χ1) is 11.5. The quantitative estimate of drug-likeness (QED) is 0.796. The van der Waals surface area contributed by atoms with Crippen LogP contribution in [-0.2, 0) is 29.1 Å². The Morgan fingerprint density at radius 1 is 1.25 bits per heavy atom. The molecule has 0 saturated carbocycles. The molecular weight excluding hydrogens is 302 g/mol. The lowest BCUT2D eigenvalue weighted by molar-refractivity contribution is -0.129. The van der Waals surface area contributed by atoms with E-state index in [4.69, 9.17) is 0 Å². The van der Waals surface area contributed by atoms with E-state index in [2.05, 4.69) is 23.4 Å². The smallest absolute Gasteiger partial charge is 0.247 e. The average molecular weight is 325 g/mol. The van der Waals surface area contributed by atoms with Gasteiger partial charge in [0.25, 0.3) is 0 Å². The lowest BCUT2D eigenvalue weighted by Gasteiger charge is -2.18. The maximum atomic E-state index is 12.4. The van der Waals surface area contributed by atoms with E-state index < -0.39 is 0 Å². The van der Waals surface area contributed by atoms with E-state index in [-0.39, 0.29) is 11.8 Å². The third-order valence-corrected chi connectivity index (χ3v) is 3.85. The fourth-order valence-electron chi connectivity index (χ4n) is 2.44. The summed E-state index contributed by atoms with van der Waals surface area (Å²) in [5.74, 6) is -0.195. The van der Waals surface area contributed by atoms with E-state index in [1.807, 2.05) is 37.5 Å². The number of carbonyl (C=O) groups excluding carboxylic acids is 2. The van der Waals surface area contributed by atoms with E-state index in [0.29, 0.717) is 18.7 Å². The number of aromatic nitrogens is 1. The van der Waals surface area contributed by atoms with E-state index >= 15 is 0 Å². The first kappa shape index (κ1) is 17.5. The van der Waals surface area contributed by atoms with Crippen LogP contribution in [0.4, 0.5) is 5.69 Å². The van der Waals surface area contributed by atoms with Crippen LogP contribution in [0.5, 0.6) is 0 Å². The minimum Gasteiger partial charge on any atom is -0.350 e. The minimum absolute atomic E-state index is 0.0572.